The molecular formula is C13H16F2N2O. The molecule has 0 spiro atoms. The minimum atomic E-state index is -0.548. The Morgan fingerprint density at radius 2 is 2.28 bits per heavy atom. The van der Waals surface area contributed by atoms with Crippen molar-refractivity contribution >= 4 is 5.91 Å². The number of nitrogens with one attached hydrogen (secondary N) is 2. The van der Waals surface area contributed by atoms with Gasteiger partial charge < -0.3 is 10.6 Å². The number of hydrogen-bond donors (Lipinski definition) is 2. The minimum Gasteiger partial charge on any atom is -0.352 e. The summed E-state index contributed by atoms with van der Waals surface area (Å²) in [5.74, 6) is -1.35. The number of carbonyl (C=O) groups excluding carboxylic acids is 1. The van der Waals surface area contributed by atoms with Gasteiger partial charge >= 0.3 is 0 Å². The van der Waals surface area contributed by atoms with Gasteiger partial charge in [-0.15, -0.1) is 0 Å². The molecule has 1 aromatic carbocycles. The van der Waals surface area contributed by atoms with Crippen molar-refractivity contribution in [2.45, 2.75) is 25.3 Å². The second-order valence-electron chi connectivity index (χ2n) is 4.52. The zero-order valence-corrected chi connectivity index (χ0v) is 10.0. The van der Waals surface area contributed by atoms with Crippen molar-refractivity contribution in [1.29, 1.82) is 0 Å². The molecule has 1 aromatic rings. The Bertz CT molecular complexity index is 431. The topological polar surface area (TPSA) is 41.1 Å². The van der Waals surface area contributed by atoms with Crippen LogP contribution in [0.1, 0.15) is 18.4 Å². The Hall–Kier alpha value is -1.49. The number of piperidine rings is 1. The van der Waals surface area contributed by atoms with Gasteiger partial charge in [0.25, 0.3) is 0 Å². The summed E-state index contributed by atoms with van der Waals surface area (Å²) in [4.78, 5) is 11.7. The van der Waals surface area contributed by atoms with Gasteiger partial charge in [0.05, 0.1) is 6.42 Å². The van der Waals surface area contributed by atoms with E-state index in [0.717, 1.165) is 44.1 Å². The van der Waals surface area contributed by atoms with Crippen LogP contribution in [-0.2, 0) is 11.2 Å². The third-order valence-electron chi connectivity index (χ3n) is 3.02. The number of rotatable bonds is 3. The Morgan fingerprint density at radius 1 is 1.44 bits per heavy atom. The smallest absolute Gasteiger partial charge is 0.224 e. The van der Waals surface area contributed by atoms with E-state index in [9.17, 15) is 13.6 Å². The molecule has 1 fully saturated rings. The molecule has 0 unspecified atom stereocenters. The Balaban J connectivity index is 1.92. The number of halogens is 2. The third-order valence-corrected chi connectivity index (χ3v) is 3.02. The Kier molecular flexibility index (Phi) is 4.25. The van der Waals surface area contributed by atoms with Gasteiger partial charge in [-0.3, -0.25) is 4.79 Å². The number of carbonyl (C=O) groups is 1. The fourth-order valence-electron chi connectivity index (χ4n) is 2.11. The van der Waals surface area contributed by atoms with Crippen molar-refractivity contribution < 1.29 is 13.6 Å². The molecule has 5 heteroatoms. The van der Waals surface area contributed by atoms with Gasteiger partial charge in [0.1, 0.15) is 11.6 Å². The highest BCUT2D eigenvalue weighted by atomic mass is 19.1. The summed E-state index contributed by atoms with van der Waals surface area (Å²) in [5.41, 5.74) is 0.0938. The van der Waals surface area contributed by atoms with Crippen LogP contribution < -0.4 is 10.6 Å². The van der Waals surface area contributed by atoms with E-state index in [-0.39, 0.29) is 23.9 Å². The van der Waals surface area contributed by atoms with Crippen molar-refractivity contribution in [3.05, 3.63) is 35.4 Å². The minimum absolute atomic E-state index is 0.0860. The molecule has 1 aliphatic rings. The second kappa shape index (κ2) is 5.91. The average Bonchev–Trinajstić information content (AvgIpc) is 2.35. The van der Waals surface area contributed by atoms with Crippen molar-refractivity contribution in [1.82, 2.24) is 10.6 Å². The first-order chi connectivity index (χ1) is 8.65. The summed E-state index contributed by atoms with van der Waals surface area (Å²) in [5, 5.41) is 6.00. The average molecular weight is 254 g/mol. The van der Waals surface area contributed by atoms with Crippen molar-refractivity contribution in [3.8, 4) is 0 Å². The SMILES string of the molecule is O=C(Cc1cc(F)ccc1F)N[C@H]1CCCNC1. The molecule has 0 saturated carbocycles. The lowest BCUT2D eigenvalue weighted by atomic mass is 10.1. The van der Waals surface area contributed by atoms with E-state index >= 15 is 0 Å². The molecule has 18 heavy (non-hydrogen) atoms. The maximum atomic E-state index is 13.3. The molecule has 1 saturated heterocycles. The first-order valence-electron chi connectivity index (χ1n) is 6.09. The molecule has 1 atom stereocenters. The number of amides is 1. The van der Waals surface area contributed by atoms with Gasteiger partial charge in [0, 0.05) is 18.2 Å². The van der Waals surface area contributed by atoms with Gasteiger partial charge in [-0.1, -0.05) is 0 Å². The summed E-state index contributed by atoms with van der Waals surface area (Å²) in [6, 6.07) is 3.23. The Labute approximate surface area is 105 Å². The largest absolute Gasteiger partial charge is 0.352 e. The molecule has 1 amide bonds. The fourth-order valence-corrected chi connectivity index (χ4v) is 2.11. The van der Waals surface area contributed by atoms with E-state index < -0.39 is 11.6 Å². The summed E-state index contributed by atoms with van der Waals surface area (Å²) in [7, 11) is 0. The van der Waals surface area contributed by atoms with Gasteiger partial charge in [-0.05, 0) is 37.6 Å². The lowest BCUT2D eigenvalue weighted by molar-refractivity contribution is -0.121. The second-order valence-corrected chi connectivity index (χ2v) is 4.52. The summed E-state index contributed by atoms with van der Waals surface area (Å²) >= 11 is 0. The fraction of sp³-hybridized carbons (Fsp3) is 0.462. The molecule has 3 nitrogen and oxygen atoms in total. The molecule has 2 rings (SSSR count). The van der Waals surface area contributed by atoms with Gasteiger partial charge in [0.2, 0.25) is 5.91 Å². The normalized spacial score (nSPS) is 19.6. The van der Waals surface area contributed by atoms with E-state index in [0.29, 0.717) is 0 Å². The molecule has 1 heterocycles. The highest BCUT2D eigenvalue weighted by molar-refractivity contribution is 5.78. The molecule has 0 radical (unpaired) electrons. The van der Waals surface area contributed by atoms with Crippen LogP contribution in [0.3, 0.4) is 0 Å². The molecule has 1 aliphatic heterocycles. The first kappa shape index (κ1) is 13.0. The zero-order chi connectivity index (χ0) is 13.0. The van der Waals surface area contributed by atoms with E-state index in [2.05, 4.69) is 10.6 Å². The maximum absolute atomic E-state index is 13.3. The molecule has 98 valence electrons. The predicted octanol–water partition coefficient (Wildman–Crippen LogP) is 1.38. The molecule has 0 aliphatic carbocycles. The molecule has 0 aromatic heterocycles. The lowest BCUT2D eigenvalue weighted by Gasteiger charge is -2.23. The van der Waals surface area contributed by atoms with Crippen molar-refractivity contribution in [2.75, 3.05) is 13.1 Å². The van der Waals surface area contributed by atoms with E-state index in [1.807, 2.05) is 0 Å². The Morgan fingerprint density at radius 3 is 3.00 bits per heavy atom. The summed E-state index contributed by atoms with van der Waals surface area (Å²) in [6.45, 7) is 1.70. The zero-order valence-electron chi connectivity index (χ0n) is 10.0. The van der Waals surface area contributed by atoms with Crippen molar-refractivity contribution in [2.24, 2.45) is 0 Å². The summed E-state index contributed by atoms with van der Waals surface area (Å²) < 4.78 is 26.3. The van der Waals surface area contributed by atoms with Gasteiger partial charge in [-0.25, -0.2) is 8.78 Å². The highest BCUT2D eigenvalue weighted by Gasteiger charge is 2.16. The van der Waals surface area contributed by atoms with Crippen LogP contribution in [0.15, 0.2) is 18.2 Å². The molecular weight excluding hydrogens is 238 g/mol. The quantitative estimate of drug-likeness (QED) is 0.855. The molecule has 2 N–H and O–H groups in total. The predicted molar refractivity (Wildman–Crippen MR) is 64.1 cm³/mol. The molecule has 0 bridgehead atoms. The third kappa shape index (κ3) is 3.50. The van der Waals surface area contributed by atoms with E-state index in [1.165, 1.54) is 0 Å². The van der Waals surface area contributed by atoms with Gasteiger partial charge in [0.15, 0.2) is 0 Å². The van der Waals surface area contributed by atoms with Crippen LogP contribution in [0.4, 0.5) is 8.78 Å². The number of hydrogen-bond acceptors (Lipinski definition) is 2. The lowest BCUT2D eigenvalue weighted by Crippen LogP contribution is -2.46. The number of benzene rings is 1. The van der Waals surface area contributed by atoms with Crippen LogP contribution in [-0.4, -0.2) is 25.0 Å². The first-order valence-corrected chi connectivity index (χ1v) is 6.09. The summed E-state index contributed by atoms with van der Waals surface area (Å²) in [6.07, 6.45) is 1.81. The van der Waals surface area contributed by atoms with E-state index in [4.69, 9.17) is 0 Å². The van der Waals surface area contributed by atoms with Crippen LogP contribution >= 0.6 is 0 Å². The van der Waals surface area contributed by atoms with Gasteiger partial charge in [-0.2, -0.15) is 0 Å². The van der Waals surface area contributed by atoms with E-state index in [1.54, 1.807) is 0 Å². The standard InChI is InChI=1S/C13H16F2N2O/c14-10-3-4-12(15)9(6-10)7-13(18)17-11-2-1-5-16-8-11/h3-4,6,11,16H,1-2,5,7-8H2,(H,17,18)/t11-/m0/s1. The van der Waals surface area contributed by atoms with Crippen LogP contribution in [0, 0.1) is 11.6 Å². The monoisotopic (exact) mass is 254 g/mol. The highest BCUT2D eigenvalue weighted by Crippen LogP contribution is 2.10. The maximum Gasteiger partial charge on any atom is 0.224 e. The van der Waals surface area contributed by atoms with Crippen LogP contribution in [0.25, 0.3) is 0 Å². The van der Waals surface area contributed by atoms with Crippen molar-refractivity contribution in [3.63, 3.8) is 0 Å². The van der Waals surface area contributed by atoms with Crippen LogP contribution in [0.5, 0.6) is 0 Å². The van der Waals surface area contributed by atoms with Crippen LogP contribution in [0.2, 0.25) is 0 Å².